The lowest BCUT2D eigenvalue weighted by Crippen LogP contribution is -2.47. The maximum atomic E-state index is 13.3. The highest BCUT2D eigenvalue weighted by Gasteiger charge is 2.35. The van der Waals surface area contributed by atoms with Crippen molar-refractivity contribution < 1.29 is 18.3 Å². The normalized spacial score (nSPS) is 15.5. The Morgan fingerprint density at radius 3 is 2.44 bits per heavy atom. The molecule has 0 radical (unpaired) electrons. The zero-order valence-electron chi connectivity index (χ0n) is 19.5. The van der Waals surface area contributed by atoms with Gasteiger partial charge in [-0.3, -0.25) is 9.52 Å². The van der Waals surface area contributed by atoms with Gasteiger partial charge >= 0.3 is 0 Å². The molecule has 1 aliphatic heterocycles. The molecule has 0 saturated carbocycles. The second kappa shape index (κ2) is 10.7. The van der Waals surface area contributed by atoms with Crippen LogP contribution in [0.2, 0.25) is 10.0 Å². The minimum absolute atomic E-state index is 0.0879. The Kier molecular flexibility index (Phi) is 8.02. The van der Waals surface area contributed by atoms with Crippen LogP contribution in [0.15, 0.2) is 70.0 Å². The number of aliphatic hydroxyl groups is 1. The molecule has 6 nitrogen and oxygen atoms in total. The lowest BCUT2D eigenvalue weighted by Gasteiger charge is -2.38. The molecular weight excluding hydrogens is 587 g/mol. The average Bonchev–Trinajstić information content (AvgIpc) is 2.81. The number of likely N-dealkylation sites (tertiary alicyclic amines) is 1. The van der Waals surface area contributed by atoms with Crippen molar-refractivity contribution >= 4 is 60.7 Å². The van der Waals surface area contributed by atoms with E-state index in [1.165, 1.54) is 24.3 Å². The van der Waals surface area contributed by atoms with Gasteiger partial charge in [-0.05, 0) is 73.4 Å². The van der Waals surface area contributed by atoms with E-state index in [0.29, 0.717) is 43.1 Å². The van der Waals surface area contributed by atoms with Gasteiger partial charge in [0.05, 0.1) is 26.8 Å². The molecule has 1 fully saturated rings. The molecule has 0 unspecified atom stereocenters. The SMILES string of the molecule is Cc1ccc(NS(=O)(=O)c2ccc(Cl)c(C(=O)N3CCC(O)(Cc4cccc(Br)c4)CC3)c2)cc1Cl. The smallest absolute Gasteiger partial charge is 0.261 e. The van der Waals surface area contributed by atoms with E-state index < -0.39 is 15.6 Å². The van der Waals surface area contributed by atoms with Gasteiger partial charge in [-0.1, -0.05) is 57.3 Å². The van der Waals surface area contributed by atoms with Crippen molar-refractivity contribution in [3.8, 4) is 0 Å². The van der Waals surface area contributed by atoms with Crippen LogP contribution in [0.1, 0.15) is 34.3 Å². The minimum Gasteiger partial charge on any atom is -0.389 e. The molecule has 0 aliphatic carbocycles. The van der Waals surface area contributed by atoms with Crippen LogP contribution in [0.25, 0.3) is 0 Å². The van der Waals surface area contributed by atoms with Crippen LogP contribution in [0.5, 0.6) is 0 Å². The highest BCUT2D eigenvalue weighted by molar-refractivity contribution is 9.10. The van der Waals surface area contributed by atoms with Crippen LogP contribution in [0.3, 0.4) is 0 Å². The first-order valence-electron chi connectivity index (χ1n) is 11.3. The van der Waals surface area contributed by atoms with Crippen molar-refractivity contribution in [1.82, 2.24) is 4.90 Å². The van der Waals surface area contributed by atoms with Gasteiger partial charge in [0.15, 0.2) is 0 Å². The quantitative estimate of drug-likeness (QED) is 0.354. The standard InChI is InChI=1S/C26H25BrCl2N2O4S/c1-17-5-6-20(14-24(17)29)30-36(34,35)21-7-8-23(28)22(15-21)25(32)31-11-9-26(33,10-12-31)16-18-3-2-4-19(27)13-18/h2-8,13-15,30,33H,9-12,16H2,1H3. The van der Waals surface area contributed by atoms with E-state index in [9.17, 15) is 18.3 Å². The number of piperidine rings is 1. The van der Waals surface area contributed by atoms with Gasteiger partial charge in [-0.15, -0.1) is 0 Å². The van der Waals surface area contributed by atoms with Crippen LogP contribution in [0, 0.1) is 6.92 Å². The number of carbonyl (C=O) groups is 1. The Hall–Kier alpha value is -2.10. The zero-order chi connectivity index (χ0) is 26.1. The number of hydrogen-bond acceptors (Lipinski definition) is 4. The van der Waals surface area contributed by atoms with Gasteiger partial charge in [-0.2, -0.15) is 0 Å². The van der Waals surface area contributed by atoms with Crippen LogP contribution in [-0.2, 0) is 16.4 Å². The van der Waals surface area contributed by atoms with Gasteiger partial charge in [0, 0.05) is 29.0 Å². The van der Waals surface area contributed by atoms with Crippen LogP contribution in [-0.4, -0.2) is 43.0 Å². The highest BCUT2D eigenvalue weighted by Crippen LogP contribution is 2.30. The third-order valence-electron chi connectivity index (χ3n) is 6.31. The number of halogens is 3. The third kappa shape index (κ3) is 6.23. The second-order valence-electron chi connectivity index (χ2n) is 9.03. The van der Waals surface area contributed by atoms with Gasteiger partial charge < -0.3 is 10.0 Å². The lowest BCUT2D eigenvalue weighted by molar-refractivity contribution is -0.0162. The van der Waals surface area contributed by atoms with Crippen molar-refractivity contribution in [2.75, 3.05) is 17.8 Å². The van der Waals surface area contributed by atoms with Gasteiger partial charge in [0.2, 0.25) is 0 Å². The molecule has 0 bridgehead atoms. The van der Waals surface area contributed by atoms with E-state index in [-0.39, 0.29) is 21.4 Å². The van der Waals surface area contributed by atoms with Crippen LogP contribution < -0.4 is 4.72 Å². The van der Waals surface area contributed by atoms with Crippen molar-refractivity contribution in [1.29, 1.82) is 0 Å². The molecule has 1 heterocycles. The number of benzene rings is 3. The number of anilines is 1. The molecule has 190 valence electrons. The molecule has 1 amide bonds. The predicted molar refractivity (Wildman–Crippen MR) is 146 cm³/mol. The van der Waals surface area contributed by atoms with Crippen molar-refractivity contribution in [2.24, 2.45) is 0 Å². The summed E-state index contributed by atoms with van der Waals surface area (Å²) < 4.78 is 29.4. The molecule has 0 spiro atoms. The predicted octanol–water partition coefficient (Wildman–Crippen LogP) is 6.07. The molecule has 2 N–H and O–H groups in total. The Balaban J connectivity index is 1.48. The van der Waals surface area contributed by atoms with Gasteiger partial charge in [-0.25, -0.2) is 8.42 Å². The molecule has 10 heteroatoms. The van der Waals surface area contributed by atoms with Crippen LogP contribution >= 0.6 is 39.1 Å². The monoisotopic (exact) mass is 610 g/mol. The largest absolute Gasteiger partial charge is 0.389 e. The lowest BCUT2D eigenvalue weighted by atomic mass is 9.85. The van der Waals surface area contributed by atoms with Crippen LogP contribution in [0.4, 0.5) is 5.69 Å². The molecule has 3 aromatic carbocycles. The number of carbonyl (C=O) groups excluding carboxylic acids is 1. The summed E-state index contributed by atoms with van der Waals surface area (Å²) in [6.07, 6.45) is 1.28. The zero-order valence-corrected chi connectivity index (χ0v) is 23.4. The Morgan fingerprint density at radius 2 is 1.78 bits per heavy atom. The van der Waals surface area contributed by atoms with Crippen molar-refractivity contribution in [3.63, 3.8) is 0 Å². The number of nitrogens with zero attached hydrogens (tertiary/aromatic N) is 1. The number of sulfonamides is 1. The molecule has 36 heavy (non-hydrogen) atoms. The Labute approximate surface area is 229 Å². The minimum atomic E-state index is -3.99. The maximum Gasteiger partial charge on any atom is 0.261 e. The first-order chi connectivity index (χ1) is 17.0. The Morgan fingerprint density at radius 1 is 1.06 bits per heavy atom. The van der Waals surface area contributed by atoms with E-state index in [0.717, 1.165) is 15.6 Å². The molecule has 4 rings (SSSR count). The summed E-state index contributed by atoms with van der Waals surface area (Å²) in [7, 11) is -3.99. The summed E-state index contributed by atoms with van der Waals surface area (Å²) in [4.78, 5) is 14.8. The summed E-state index contributed by atoms with van der Waals surface area (Å²) in [5, 5.41) is 11.7. The van der Waals surface area contributed by atoms with E-state index >= 15 is 0 Å². The highest BCUT2D eigenvalue weighted by atomic mass is 79.9. The molecule has 0 atom stereocenters. The van der Waals surface area contributed by atoms with Gasteiger partial charge in [0.1, 0.15) is 0 Å². The second-order valence-corrected chi connectivity index (χ2v) is 12.4. The molecular formula is C26H25BrCl2N2O4S. The summed E-state index contributed by atoms with van der Waals surface area (Å²) in [5.41, 5.74) is 1.32. The molecule has 1 saturated heterocycles. The summed E-state index contributed by atoms with van der Waals surface area (Å²) in [6.45, 7) is 2.48. The van der Waals surface area contributed by atoms with Crippen molar-refractivity contribution in [3.05, 3.63) is 91.9 Å². The summed E-state index contributed by atoms with van der Waals surface area (Å²) >= 11 is 15.9. The van der Waals surface area contributed by atoms with E-state index in [4.69, 9.17) is 23.2 Å². The summed E-state index contributed by atoms with van der Waals surface area (Å²) in [6, 6.07) is 16.7. The molecule has 3 aromatic rings. The fourth-order valence-electron chi connectivity index (χ4n) is 4.21. The number of rotatable bonds is 6. The fourth-order valence-corrected chi connectivity index (χ4v) is 6.11. The maximum absolute atomic E-state index is 13.3. The van der Waals surface area contributed by atoms with E-state index in [1.807, 2.05) is 31.2 Å². The molecule has 0 aromatic heterocycles. The number of amides is 1. The van der Waals surface area contributed by atoms with Gasteiger partial charge in [0.25, 0.3) is 15.9 Å². The average molecular weight is 612 g/mol. The van der Waals surface area contributed by atoms with E-state index in [2.05, 4.69) is 20.7 Å². The fraction of sp³-hybridized carbons (Fsp3) is 0.269. The number of hydrogen-bond donors (Lipinski definition) is 2. The first kappa shape index (κ1) is 26.9. The number of nitrogens with one attached hydrogen (secondary N) is 1. The van der Waals surface area contributed by atoms with E-state index in [1.54, 1.807) is 17.0 Å². The topological polar surface area (TPSA) is 86.7 Å². The first-order valence-corrected chi connectivity index (χ1v) is 14.3. The van der Waals surface area contributed by atoms with Crippen molar-refractivity contribution in [2.45, 2.75) is 36.7 Å². The Bertz CT molecular complexity index is 1410. The number of aryl methyl sites for hydroxylation is 1. The molecule has 1 aliphatic rings. The summed E-state index contributed by atoms with van der Waals surface area (Å²) in [5.74, 6) is -0.375. The third-order valence-corrected chi connectivity index (χ3v) is 8.92.